The van der Waals surface area contributed by atoms with Crippen molar-refractivity contribution in [2.75, 3.05) is 14.1 Å². The number of nitrogens with zero attached hydrogens (tertiary/aromatic N) is 2. The third kappa shape index (κ3) is 2.92. The summed E-state index contributed by atoms with van der Waals surface area (Å²) < 4.78 is 13.4. The zero-order valence-electron chi connectivity index (χ0n) is 13.9. The quantitative estimate of drug-likeness (QED) is 0.817. The van der Waals surface area contributed by atoms with Gasteiger partial charge >= 0.3 is 0 Å². The molecule has 0 radical (unpaired) electrons. The lowest BCUT2D eigenvalue weighted by Crippen LogP contribution is -2.46. The van der Waals surface area contributed by atoms with Crippen LogP contribution in [0.4, 0.5) is 4.39 Å². The first-order chi connectivity index (χ1) is 10.4. The van der Waals surface area contributed by atoms with E-state index in [4.69, 9.17) is 4.99 Å². The molecule has 22 heavy (non-hydrogen) atoms. The minimum atomic E-state index is -0.446. The number of hydrogen-bond acceptors (Lipinski definition) is 2. The van der Waals surface area contributed by atoms with E-state index in [0.29, 0.717) is 0 Å². The Morgan fingerprint density at radius 1 is 1.36 bits per heavy atom. The maximum absolute atomic E-state index is 13.4. The van der Waals surface area contributed by atoms with Gasteiger partial charge in [0.1, 0.15) is 5.82 Å². The summed E-state index contributed by atoms with van der Waals surface area (Å²) in [7, 11) is 3.60. The Labute approximate surface area is 132 Å². The van der Waals surface area contributed by atoms with Gasteiger partial charge in [-0.1, -0.05) is 26.0 Å². The summed E-state index contributed by atoms with van der Waals surface area (Å²) in [5.41, 5.74) is 1.31. The molecule has 0 N–H and O–H groups in total. The largest absolute Gasteiger partial charge is 0.348 e. The first kappa shape index (κ1) is 16.7. The Morgan fingerprint density at radius 3 is 2.59 bits per heavy atom. The van der Waals surface area contributed by atoms with Gasteiger partial charge in [0.2, 0.25) is 5.91 Å². The van der Waals surface area contributed by atoms with E-state index in [0.717, 1.165) is 37.0 Å². The minimum Gasteiger partial charge on any atom is -0.348 e. The van der Waals surface area contributed by atoms with Gasteiger partial charge in [-0.3, -0.25) is 9.79 Å². The molecule has 4 heteroatoms. The number of amides is 1. The zero-order chi connectivity index (χ0) is 16.3. The van der Waals surface area contributed by atoms with Gasteiger partial charge in [-0.15, -0.1) is 0 Å². The Kier molecular flexibility index (Phi) is 4.99. The van der Waals surface area contributed by atoms with E-state index in [-0.39, 0.29) is 17.8 Å². The van der Waals surface area contributed by atoms with Crippen LogP contribution in [0.5, 0.6) is 0 Å². The smallest absolute Gasteiger partial charge is 0.230 e. The van der Waals surface area contributed by atoms with Crippen molar-refractivity contribution in [3.63, 3.8) is 0 Å². The van der Waals surface area contributed by atoms with Gasteiger partial charge in [-0.25, -0.2) is 4.39 Å². The first-order valence-electron chi connectivity index (χ1n) is 7.99. The predicted octanol–water partition coefficient (Wildman–Crippen LogP) is 3.67. The van der Waals surface area contributed by atoms with Gasteiger partial charge in [0.25, 0.3) is 0 Å². The lowest BCUT2D eigenvalue weighted by Gasteiger charge is -2.36. The number of hydrogen-bond donors (Lipinski definition) is 0. The van der Waals surface area contributed by atoms with Crippen molar-refractivity contribution in [1.29, 1.82) is 0 Å². The van der Waals surface area contributed by atoms with Crippen LogP contribution in [0, 0.1) is 11.2 Å². The number of rotatable bonds is 5. The van der Waals surface area contributed by atoms with Crippen LogP contribution in [0.1, 0.15) is 45.1 Å². The van der Waals surface area contributed by atoms with Crippen LogP contribution in [0.25, 0.3) is 0 Å². The Balaban J connectivity index is 2.34. The molecule has 0 saturated carbocycles. The van der Waals surface area contributed by atoms with Crippen molar-refractivity contribution in [1.82, 2.24) is 4.90 Å². The van der Waals surface area contributed by atoms with Crippen LogP contribution in [-0.4, -0.2) is 36.7 Å². The molecule has 3 nitrogen and oxygen atoms in total. The van der Waals surface area contributed by atoms with E-state index in [1.807, 2.05) is 6.07 Å². The van der Waals surface area contributed by atoms with Crippen molar-refractivity contribution < 1.29 is 9.18 Å². The summed E-state index contributed by atoms with van der Waals surface area (Å²) in [5.74, 6) is -0.1000. The molecule has 2 rings (SSSR count). The number of benzene rings is 1. The fourth-order valence-corrected chi connectivity index (χ4v) is 3.49. The van der Waals surface area contributed by atoms with E-state index < -0.39 is 5.41 Å². The molecule has 1 aromatic carbocycles. The van der Waals surface area contributed by atoms with Gasteiger partial charge in [0, 0.05) is 19.8 Å². The predicted molar refractivity (Wildman–Crippen MR) is 87.7 cm³/mol. The fourth-order valence-electron chi connectivity index (χ4n) is 3.49. The molecular formula is C18H25FN2O. The van der Waals surface area contributed by atoms with Gasteiger partial charge in [-0.05, 0) is 43.4 Å². The molecule has 0 saturated heterocycles. The Bertz CT molecular complexity index is 576. The Hall–Kier alpha value is -1.71. The Morgan fingerprint density at radius 2 is 2.05 bits per heavy atom. The van der Waals surface area contributed by atoms with Crippen molar-refractivity contribution in [3.05, 3.63) is 35.6 Å². The second-order valence-electron chi connectivity index (χ2n) is 6.20. The summed E-state index contributed by atoms with van der Waals surface area (Å²) in [4.78, 5) is 19.2. The molecular weight excluding hydrogens is 279 g/mol. The summed E-state index contributed by atoms with van der Waals surface area (Å²) in [5, 5.41) is 0. The van der Waals surface area contributed by atoms with Crippen LogP contribution < -0.4 is 0 Å². The number of carbonyl (C=O) groups excluding carboxylic acids is 1. The summed E-state index contributed by atoms with van der Waals surface area (Å²) in [6.45, 7) is 4.11. The van der Waals surface area contributed by atoms with E-state index in [2.05, 4.69) is 13.8 Å². The van der Waals surface area contributed by atoms with Crippen molar-refractivity contribution in [2.24, 2.45) is 10.4 Å². The zero-order valence-corrected chi connectivity index (χ0v) is 13.9. The number of aliphatic imine (C=N–C) groups is 1. The molecule has 0 aliphatic carbocycles. The molecule has 1 aliphatic heterocycles. The minimum absolute atomic E-state index is 0.0179. The van der Waals surface area contributed by atoms with Crippen LogP contribution in [0.2, 0.25) is 0 Å². The van der Waals surface area contributed by atoms with Crippen LogP contribution in [0.3, 0.4) is 0 Å². The highest BCUT2D eigenvalue weighted by molar-refractivity contribution is 6.02. The molecule has 1 atom stereocenters. The lowest BCUT2D eigenvalue weighted by molar-refractivity contribution is -0.141. The second kappa shape index (κ2) is 6.59. The van der Waals surface area contributed by atoms with Gasteiger partial charge in [-0.2, -0.15) is 0 Å². The molecule has 0 unspecified atom stereocenters. The van der Waals surface area contributed by atoms with Crippen molar-refractivity contribution in [3.8, 4) is 0 Å². The number of carbonyl (C=O) groups is 1. The highest BCUT2D eigenvalue weighted by Gasteiger charge is 2.45. The van der Waals surface area contributed by atoms with Gasteiger partial charge in [0.05, 0.1) is 11.5 Å². The second-order valence-corrected chi connectivity index (χ2v) is 6.20. The van der Waals surface area contributed by atoms with Gasteiger partial charge in [0.15, 0.2) is 0 Å². The topological polar surface area (TPSA) is 32.7 Å². The van der Waals surface area contributed by atoms with E-state index >= 15 is 0 Å². The van der Waals surface area contributed by atoms with Crippen LogP contribution in [0.15, 0.2) is 29.3 Å². The fraction of sp³-hybridized carbons (Fsp3) is 0.556. The lowest BCUT2D eigenvalue weighted by atomic mass is 9.73. The molecule has 1 aliphatic rings. The standard InChI is InChI=1S/C18H25FN2O/c1-5-18(6-2,17(22)21(3)4)16-11-10-15(20-16)13-8-7-9-14(19)12-13/h7-9,12,16H,5-6,10-11H2,1-4H3/t16-/m1/s1. The normalized spacial score (nSPS) is 18.2. The van der Waals surface area contributed by atoms with E-state index in [9.17, 15) is 9.18 Å². The molecule has 1 aromatic rings. The molecule has 120 valence electrons. The molecule has 1 heterocycles. The first-order valence-corrected chi connectivity index (χ1v) is 7.99. The average molecular weight is 304 g/mol. The molecule has 0 spiro atoms. The van der Waals surface area contributed by atoms with Crippen LogP contribution in [-0.2, 0) is 4.79 Å². The third-order valence-corrected chi connectivity index (χ3v) is 4.86. The molecule has 1 amide bonds. The average Bonchev–Trinajstić information content (AvgIpc) is 2.99. The summed E-state index contributed by atoms with van der Waals surface area (Å²) in [6.07, 6.45) is 3.19. The highest BCUT2D eigenvalue weighted by atomic mass is 19.1. The summed E-state index contributed by atoms with van der Waals surface area (Å²) >= 11 is 0. The monoisotopic (exact) mass is 304 g/mol. The third-order valence-electron chi connectivity index (χ3n) is 4.86. The van der Waals surface area contributed by atoms with Gasteiger partial charge < -0.3 is 4.90 Å². The SMILES string of the molecule is CCC(CC)(C(=O)N(C)C)[C@H]1CCC(c2cccc(F)c2)=N1. The molecule has 0 bridgehead atoms. The molecule has 0 fully saturated rings. The summed E-state index contributed by atoms with van der Waals surface area (Å²) in [6, 6.07) is 6.54. The van der Waals surface area contributed by atoms with Crippen molar-refractivity contribution >= 4 is 11.6 Å². The van der Waals surface area contributed by atoms with E-state index in [1.54, 1.807) is 25.1 Å². The maximum atomic E-state index is 13.4. The van der Waals surface area contributed by atoms with Crippen molar-refractivity contribution in [2.45, 2.75) is 45.6 Å². The van der Waals surface area contributed by atoms with E-state index in [1.165, 1.54) is 12.1 Å². The maximum Gasteiger partial charge on any atom is 0.230 e. The number of halogens is 1. The molecule has 0 aromatic heterocycles. The highest BCUT2D eigenvalue weighted by Crippen LogP contribution is 2.40. The van der Waals surface area contributed by atoms with Crippen LogP contribution >= 0.6 is 0 Å².